The van der Waals surface area contributed by atoms with Gasteiger partial charge in [0.2, 0.25) is 6.29 Å². The minimum Gasteiger partial charge on any atom is -0.435 e. The van der Waals surface area contributed by atoms with E-state index in [1.807, 2.05) is 6.92 Å². The van der Waals surface area contributed by atoms with Crippen molar-refractivity contribution in [3.63, 3.8) is 0 Å². The Balaban J connectivity index is 2.69. The van der Waals surface area contributed by atoms with Crippen molar-refractivity contribution >= 4 is 11.8 Å². The van der Waals surface area contributed by atoms with Crippen LogP contribution in [0, 0.1) is 11.8 Å². The number of hydrogen-bond acceptors (Lipinski definition) is 4. The Morgan fingerprint density at radius 2 is 2.23 bits per heavy atom. The molecule has 0 aliphatic carbocycles. The molecular weight excluding hydrogens is 172 g/mol. The van der Waals surface area contributed by atoms with Gasteiger partial charge >= 0.3 is 5.97 Å². The Morgan fingerprint density at radius 3 is 2.62 bits per heavy atom. The Hall–Kier alpha value is -0.900. The molecule has 0 bridgehead atoms. The van der Waals surface area contributed by atoms with E-state index in [0.29, 0.717) is 6.61 Å². The van der Waals surface area contributed by atoms with Gasteiger partial charge in [0, 0.05) is 12.5 Å². The zero-order valence-electron chi connectivity index (χ0n) is 8.07. The topological polar surface area (TPSA) is 52.6 Å². The van der Waals surface area contributed by atoms with Gasteiger partial charge in [-0.2, -0.15) is 0 Å². The molecule has 1 heterocycles. The normalized spacial score (nSPS) is 33.2. The van der Waals surface area contributed by atoms with Gasteiger partial charge in [0.15, 0.2) is 0 Å². The highest BCUT2D eigenvalue weighted by Gasteiger charge is 2.44. The van der Waals surface area contributed by atoms with E-state index in [0.717, 1.165) is 0 Å². The standard InChI is InChI=1S/C9H14O4/c1-4-12-9-5(2)7(6(3)10)8(11)13-9/h5,7,9H,4H2,1-3H3/t5-,7?,9-/m0/s1. The molecule has 0 spiro atoms. The van der Waals surface area contributed by atoms with E-state index in [4.69, 9.17) is 9.47 Å². The van der Waals surface area contributed by atoms with E-state index >= 15 is 0 Å². The van der Waals surface area contributed by atoms with E-state index < -0.39 is 18.2 Å². The zero-order chi connectivity index (χ0) is 10.0. The van der Waals surface area contributed by atoms with E-state index in [1.54, 1.807) is 6.92 Å². The lowest BCUT2D eigenvalue weighted by atomic mass is 9.93. The molecule has 1 fully saturated rings. The molecule has 0 aromatic rings. The maximum absolute atomic E-state index is 11.2. The summed E-state index contributed by atoms with van der Waals surface area (Å²) in [6.45, 7) is 5.49. The maximum Gasteiger partial charge on any atom is 0.319 e. The number of ketones is 1. The zero-order valence-corrected chi connectivity index (χ0v) is 8.07. The fourth-order valence-electron chi connectivity index (χ4n) is 1.55. The van der Waals surface area contributed by atoms with Crippen LogP contribution < -0.4 is 0 Å². The lowest BCUT2D eigenvalue weighted by molar-refractivity contribution is -0.165. The van der Waals surface area contributed by atoms with Gasteiger partial charge in [0.25, 0.3) is 0 Å². The number of cyclic esters (lactones) is 1. The summed E-state index contributed by atoms with van der Waals surface area (Å²) >= 11 is 0. The lowest BCUT2D eigenvalue weighted by Gasteiger charge is -2.14. The first kappa shape index (κ1) is 10.2. The van der Waals surface area contributed by atoms with Crippen LogP contribution in [-0.4, -0.2) is 24.6 Å². The molecule has 0 amide bonds. The van der Waals surface area contributed by atoms with Crippen molar-refractivity contribution in [2.24, 2.45) is 11.8 Å². The summed E-state index contributed by atoms with van der Waals surface area (Å²) in [5.74, 6) is -1.43. The predicted octanol–water partition coefficient (Wildman–Crippen LogP) is 0.747. The average molecular weight is 186 g/mol. The largest absolute Gasteiger partial charge is 0.435 e. The van der Waals surface area contributed by atoms with Crippen LogP contribution in [0.5, 0.6) is 0 Å². The quantitative estimate of drug-likeness (QED) is 0.482. The summed E-state index contributed by atoms with van der Waals surface area (Å²) in [6, 6.07) is 0. The summed E-state index contributed by atoms with van der Waals surface area (Å²) in [7, 11) is 0. The molecule has 1 unspecified atom stereocenters. The number of Topliss-reactive ketones (excluding diaryl/α,β-unsaturated/α-hetero) is 1. The molecule has 4 nitrogen and oxygen atoms in total. The second-order valence-corrected chi connectivity index (χ2v) is 3.21. The molecule has 13 heavy (non-hydrogen) atoms. The van der Waals surface area contributed by atoms with Gasteiger partial charge < -0.3 is 9.47 Å². The van der Waals surface area contributed by atoms with Gasteiger partial charge in [-0.25, -0.2) is 0 Å². The van der Waals surface area contributed by atoms with Crippen molar-refractivity contribution in [3.8, 4) is 0 Å². The predicted molar refractivity (Wildman–Crippen MR) is 44.8 cm³/mol. The number of esters is 1. The van der Waals surface area contributed by atoms with E-state index in [2.05, 4.69) is 0 Å². The molecule has 3 atom stereocenters. The minimum absolute atomic E-state index is 0.153. The van der Waals surface area contributed by atoms with E-state index in [1.165, 1.54) is 6.92 Å². The van der Waals surface area contributed by atoms with Crippen LogP contribution in [0.25, 0.3) is 0 Å². The van der Waals surface area contributed by atoms with Gasteiger partial charge in [0.05, 0.1) is 0 Å². The van der Waals surface area contributed by atoms with Crippen LogP contribution in [0.1, 0.15) is 20.8 Å². The second-order valence-electron chi connectivity index (χ2n) is 3.21. The molecule has 1 rings (SSSR count). The van der Waals surface area contributed by atoms with Crippen LogP contribution in [0.2, 0.25) is 0 Å². The third kappa shape index (κ3) is 1.88. The molecule has 1 aliphatic rings. The minimum atomic E-state index is -0.642. The Bertz CT molecular complexity index is 224. The summed E-state index contributed by atoms with van der Waals surface area (Å²) < 4.78 is 10.1. The first-order chi connectivity index (χ1) is 6.07. The first-order valence-electron chi connectivity index (χ1n) is 4.40. The second kappa shape index (κ2) is 3.87. The molecule has 4 heteroatoms. The number of ether oxygens (including phenoxy) is 2. The van der Waals surface area contributed by atoms with E-state index in [9.17, 15) is 9.59 Å². The first-order valence-corrected chi connectivity index (χ1v) is 4.40. The molecule has 74 valence electrons. The van der Waals surface area contributed by atoms with Crippen LogP contribution in [0.15, 0.2) is 0 Å². The summed E-state index contributed by atoms with van der Waals surface area (Å²) in [4.78, 5) is 22.2. The smallest absolute Gasteiger partial charge is 0.319 e. The molecular formula is C9H14O4. The molecule has 0 aromatic carbocycles. The van der Waals surface area contributed by atoms with Crippen LogP contribution >= 0.6 is 0 Å². The third-order valence-electron chi connectivity index (χ3n) is 2.21. The van der Waals surface area contributed by atoms with Gasteiger partial charge in [-0.15, -0.1) is 0 Å². The Kier molecular flexibility index (Phi) is 3.03. The van der Waals surface area contributed by atoms with Crippen molar-refractivity contribution in [1.82, 2.24) is 0 Å². The van der Waals surface area contributed by atoms with Crippen molar-refractivity contribution in [2.75, 3.05) is 6.61 Å². The highest BCUT2D eigenvalue weighted by Crippen LogP contribution is 2.29. The summed E-state index contributed by atoms with van der Waals surface area (Å²) in [5, 5.41) is 0. The maximum atomic E-state index is 11.2. The molecule has 1 aliphatic heterocycles. The van der Waals surface area contributed by atoms with Crippen molar-refractivity contribution in [2.45, 2.75) is 27.1 Å². The average Bonchev–Trinajstić information content (AvgIpc) is 2.28. The third-order valence-corrected chi connectivity index (χ3v) is 2.21. The van der Waals surface area contributed by atoms with Crippen molar-refractivity contribution < 1.29 is 19.1 Å². The Labute approximate surface area is 77.2 Å². The van der Waals surface area contributed by atoms with Crippen LogP contribution in [-0.2, 0) is 19.1 Å². The fourth-order valence-corrected chi connectivity index (χ4v) is 1.55. The Morgan fingerprint density at radius 1 is 1.62 bits per heavy atom. The van der Waals surface area contributed by atoms with Crippen LogP contribution in [0.3, 0.4) is 0 Å². The van der Waals surface area contributed by atoms with Gasteiger partial charge in [-0.3, -0.25) is 9.59 Å². The SMILES string of the molecule is CCO[C@H]1OC(=O)C(C(C)=O)[C@@H]1C. The molecule has 0 aromatic heterocycles. The van der Waals surface area contributed by atoms with E-state index in [-0.39, 0.29) is 11.7 Å². The molecule has 0 saturated carbocycles. The van der Waals surface area contributed by atoms with Gasteiger partial charge in [0.1, 0.15) is 11.7 Å². The lowest BCUT2D eigenvalue weighted by Crippen LogP contribution is -2.25. The highest BCUT2D eigenvalue weighted by atomic mass is 16.7. The monoisotopic (exact) mass is 186 g/mol. The number of carbonyl (C=O) groups excluding carboxylic acids is 2. The van der Waals surface area contributed by atoms with Crippen molar-refractivity contribution in [3.05, 3.63) is 0 Å². The van der Waals surface area contributed by atoms with Gasteiger partial charge in [-0.1, -0.05) is 6.92 Å². The van der Waals surface area contributed by atoms with Crippen molar-refractivity contribution in [1.29, 1.82) is 0 Å². The molecule has 0 N–H and O–H groups in total. The number of carbonyl (C=O) groups is 2. The van der Waals surface area contributed by atoms with Crippen LogP contribution in [0.4, 0.5) is 0 Å². The summed E-state index contributed by atoms with van der Waals surface area (Å²) in [6.07, 6.45) is -0.550. The highest BCUT2D eigenvalue weighted by molar-refractivity contribution is 5.99. The number of rotatable bonds is 3. The molecule has 1 saturated heterocycles. The number of hydrogen-bond donors (Lipinski definition) is 0. The molecule has 0 radical (unpaired) electrons. The van der Waals surface area contributed by atoms with Gasteiger partial charge in [-0.05, 0) is 13.8 Å². The fraction of sp³-hybridized carbons (Fsp3) is 0.778. The summed E-state index contributed by atoms with van der Waals surface area (Å²) in [5.41, 5.74) is 0.